The minimum absolute atomic E-state index is 0.187. The first kappa shape index (κ1) is 12.5. The molecule has 0 aromatic rings. The van der Waals surface area contributed by atoms with E-state index in [9.17, 15) is 4.79 Å². The second-order valence-corrected chi connectivity index (χ2v) is 5.66. The lowest BCUT2D eigenvalue weighted by Gasteiger charge is -2.39. The second kappa shape index (κ2) is 4.52. The van der Waals surface area contributed by atoms with E-state index in [0.717, 1.165) is 19.4 Å². The fraction of sp³-hybridized carbons (Fsp3) is 0.917. The number of nitrogens with two attached hydrogens (primary N) is 1. The smallest absolute Gasteiger partial charge is 0.222 e. The van der Waals surface area contributed by atoms with Crippen LogP contribution in [0.1, 0.15) is 47.0 Å². The third-order valence-corrected chi connectivity index (χ3v) is 3.04. The molecule has 1 saturated heterocycles. The minimum Gasteiger partial charge on any atom is -0.338 e. The summed E-state index contributed by atoms with van der Waals surface area (Å²) in [5, 5.41) is 0. The van der Waals surface area contributed by atoms with Gasteiger partial charge in [-0.1, -0.05) is 13.8 Å². The van der Waals surface area contributed by atoms with E-state index in [4.69, 9.17) is 5.73 Å². The molecule has 3 heteroatoms. The van der Waals surface area contributed by atoms with Crippen LogP contribution in [0.4, 0.5) is 0 Å². The first-order chi connectivity index (χ1) is 6.82. The third-order valence-electron chi connectivity index (χ3n) is 3.04. The van der Waals surface area contributed by atoms with Crippen LogP contribution in [0.2, 0.25) is 0 Å². The molecule has 88 valence electrons. The van der Waals surface area contributed by atoms with Gasteiger partial charge in [-0.2, -0.15) is 0 Å². The Bertz CT molecular complexity index is 230. The predicted molar refractivity (Wildman–Crippen MR) is 62.5 cm³/mol. The standard InChI is InChI=1S/C12H24N2O/c1-9(2)8-10(12(3,4)13)14-7-5-6-11(14)15/h9-10H,5-8,13H2,1-4H3. The predicted octanol–water partition coefficient (Wildman–Crippen LogP) is 1.76. The van der Waals surface area contributed by atoms with Crippen molar-refractivity contribution in [1.82, 2.24) is 4.90 Å². The SMILES string of the molecule is CC(C)CC(N1CCCC1=O)C(C)(C)N. The molecule has 0 bridgehead atoms. The van der Waals surface area contributed by atoms with Crippen molar-refractivity contribution in [3.8, 4) is 0 Å². The number of carbonyl (C=O) groups is 1. The van der Waals surface area contributed by atoms with Gasteiger partial charge in [-0.3, -0.25) is 4.79 Å². The largest absolute Gasteiger partial charge is 0.338 e. The van der Waals surface area contributed by atoms with Gasteiger partial charge in [0.05, 0.1) is 0 Å². The summed E-state index contributed by atoms with van der Waals surface area (Å²) in [7, 11) is 0. The molecule has 3 nitrogen and oxygen atoms in total. The minimum atomic E-state index is -0.301. The Morgan fingerprint density at radius 3 is 2.40 bits per heavy atom. The maximum absolute atomic E-state index is 11.7. The molecular weight excluding hydrogens is 188 g/mol. The zero-order chi connectivity index (χ0) is 11.6. The summed E-state index contributed by atoms with van der Waals surface area (Å²) in [6.07, 6.45) is 2.68. The van der Waals surface area contributed by atoms with E-state index >= 15 is 0 Å². The van der Waals surface area contributed by atoms with E-state index in [1.165, 1.54) is 0 Å². The van der Waals surface area contributed by atoms with Crippen LogP contribution < -0.4 is 5.73 Å². The van der Waals surface area contributed by atoms with Crippen molar-refractivity contribution in [2.24, 2.45) is 11.7 Å². The van der Waals surface area contributed by atoms with E-state index in [0.29, 0.717) is 12.3 Å². The summed E-state index contributed by atoms with van der Waals surface area (Å²) in [6.45, 7) is 9.28. The number of carbonyl (C=O) groups excluding carboxylic acids is 1. The number of amides is 1. The van der Waals surface area contributed by atoms with Gasteiger partial charge in [0.2, 0.25) is 5.91 Å². The molecule has 15 heavy (non-hydrogen) atoms. The molecule has 1 amide bonds. The zero-order valence-electron chi connectivity index (χ0n) is 10.4. The normalized spacial score (nSPS) is 20.1. The Balaban J connectivity index is 2.76. The molecule has 2 N–H and O–H groups in total. The molecule has 1 fully saturated rings. The fourth-order valence-electron chi connectivity index (χ4n) is 2.28. The average Bonchev–Trinajstić information content (AvgIpc) is 2.45. The summed E-state index contributed by atoms with van der Waals surface area (Å²) >= 11 is 0. The monoisotopic (exact) mass is 212 g/mol. The molecule has 0 aromatic heterocycles. The van der Waals surface area contributed by atoms with E-state index in [1.807, 2.05) is 18.7 Å². The number of likely N-dealkylation sites (tertiary alicyclic amines) is 1. The molecule has 1 rings (SSSR count). The highest BCUT2D eigenvalue weighted by molar-refractivity contribution is 5.78. The summed E-state index contributed by atoms with van der Waals surface area (Å²) in [6, 6.07) is 0.187. The number of hydrogen-bond donors (Lipinski definition) is 1. The Morgan fingerprint density at radius 2 is 2.07 bits per heavy atom. The molecule has 1 atom stereocenters. The highest BCUT2D eigenvalue weighted by atomic mass is 16.2. The highest BCUT2D eigenvalue weighted by Gasteiger charge is 2.36. The van der Waals surface area contributed by atoms with E-state index in [1.54, 1.807) is 0 Å². The van der Waals surface area contributed by atoms with Crippen LogP contribution >= 0.6 is 0 Å². The van der Waals surface area contributed by atoms with Gasteiger partial charge >= 0.3 is 0 Å². The zero-order valence-corrected chi connectivity index (χ0v) is 10.4. The van der Waals surface area contributed by atoms with Crippen molar-refractivity contribution in [2.45, 2.75) is 58.5 Å². The lowest BCUT2D eigenvalue weighted by Crippen LogP contribution is -2.55. The Labute approximate surface area is 93.0 Å². The van der Waals surface area contributed by atoms with Gasteiger partial charge in [0.1, 0.15) is 0 Å². The number of hydrogen-bond acceptors (Lipinski definition) is 2. The number of rotatable bonds is 4. The van der Waals surface area contributed by atoms with Crippen LogP contribution in [0.25, 0.3) is 0 Å². The molecule has 0 spiro atoms. The van der Waals surface area contributed by atoms with Crippen LogP contribution in [0.5, 0.6) is 0 Å². The molecule has 0 aromatic carbocycles. The summed E-state index contributed by atoms with van der Waals surface area (Å²) in [5.74, 6) is 0.852. The molecule has 1 aliphatic heterocycles. The summed E-state index contributed by atoms with van der Waals surface area (Å²) in [5.41, 5.74) is 5.87. The number of nitrogens with zero attached hydrogens (tertiary/aromatic N) is 1. The van der Waals surface area contributed by atoms with Gasteiger partial charge in [-0.05, 0) is 32.6 Å². The van der Waals surface area contributed by atoms with Crippen LogP contribution in [0, 0.1) is 5.92 Å². The van der Waals surface area contributed by atoms with Gasteiger partial charge in [0.25, 0.3) is 0 Å². The maximum Gasteiger partial charge on any atom is 0.222 e. The van der Waals surface area contributed by atoms with Crippen LogP contribution in [0.3, 0.4) is 0 Å². The quantitative estimate of drug-likeness (QED) is 0.772. The highest BCUT2D eigenvalue weighted by Crippen LogP contribution is 2.25. The van der Waals surface area contributed by atoms with Crippen molar-refractivity contribution >= 4 is 5.91 Å². The molecule has 1 heterocycles. The van der Waals surface area contributed by atoms with Gasteiger partial charge in [-0.25, -0.2) is 0 Å². The Kier molecular flexibility index (Phi) is 3.77. The maximum atomic E-state index is 11.7. The first-order valence-corrected chi connectivity index (χ1v) is 5.90. The second-order valence-electron chi connectivity index (χ2n) is 5.66. The lowest BCUT2D eigenvalue weighted by molar-refractivity contribution is -0.131. The van der Waals surface area contributed by atoms with Gasteiger partial charge in [0.15, 0.2) is 0 Å². The van der Waals surface area contributed by atoms with Gasteiger partial charge in [-0.15, -0.1) is 0 Å². The Morgan fingerprint density at radius 1 is 1.47 bits per heavy atom. The molecule has 0 radical (unpaired) electrons. The van der Waals surface area contributed by atoms with Crippen molar-refractivity contribution in [3.63, 3.8) is 0 Å². The molecule has 0 saturated carbocycles. The average molecular weight is 212 g/mol. The summed E-state index contributed by atoms with van der Waals surface area (Å²) in [4.78, 5) is 13.7. The van der Waals surface area contributed by atoms with E-state index in [2.05, 4.69) is 13.8 Å². The van der Waals surface area contributed by atoms with E-state index < -0.39 is 0 Å². The molecular formula is C12H24N2O. The topological polar surface area (TPSA) is 46.3 Å². The van der Waals surface area contributed by atoms with Crippen LogP contribution in [-0.2, 0) is 4.79 Å². The van der Waals surface area contributed by atoms with Gasteiger partial charge < -0.3 is 10.6 Å². The summed E-state index contributed by atoms with van der Waals surface area (Å²) < 4.78 is 0. The van der Waals surface area contributed by atoms with Crippen molar-refractivity contribution in [1.29, 1.82) is 0 Å². The van der Waals surface area contributed by atoms with Crippen molar-refractivity contribution in [2.75, 3.05) is 6.54 Å². The van der Waals surface area contributed by atoms with Gasteiger partial charge in [0, 0.05) is 24.5 Å². The third kappa shape index (κ3) is 3.20. The first-order valence-electron chi connectivity index (χ1n) is 5.90. The molecule has 0 aliphatic carbocycles. The van der Waals surface area contributed by atoms with E-state index in [-0.39, 0.29) is 17.5 Å². The fourth-order valence-corrected chi connectivity index (χ4v) is 2.28. The molecule has 1 unspecified atom stereocenters. The van der Waals surface area contributed by atoms with Crippen molar-refractivity contribution in [3.05, 3.63) is 0 Å². The lowest BCUT2D eigenvalue weighted by atomic mass is 9.87. The molecule has 1 aliphatic rings. The van der Waals surface area contributed by atoms with Crippen LogP contribution in [0.15, 0.2) is 0 Å². The van der Waals surface area contributed by atoms with Crippen molar-refractivity contribution < 1.29 is 4.79 Å². The van der Waals surface area contributed by atoms with Crippen LogP contribution in [-0.4, -0.2) is 28.9 Å². The Hall–Kier alpha value is -0.570.